The monoisotopic (exact) mass is 419 g/mol. The van der Waals surface area contributed by atoms with E-state index in [0.29, 0.717) is 28.2 Å². The summed E-state index contributed by atoms with van der Waals surface area (Å²) in [5.74, 6) is -0.0730. The Bertz CT molecular complexity index is 1400. The zero-order valence-corrected chi connectivity index (χ0v) is 16.2. The third kappa shape index (κ3) is 3.13. The molecule has 3 heterocycles. The number of nitrogens with one attached hydrogen (secondary N) is 1. The van der Waals surface area contributed by atoms with Gasteiger partial charge in [0.25, 0.3) is 11.4 Å². The molecule has 0 unspecified atom stereocenters. The van der Waals surface area contributed by atoms with Crippen LogP contribution in [-0.2, 0) is 6.54 Å². The van der Waals surface area contributed by atoms with Gasteiger partial charge in [-0.2, -0.15) is 10.1 Å². The summed E-state index contributed by atoms with van der Waals surface area (Å²) in [7, 11) is 0. The van der Waals surface area contributed by atoms with Crippen molar-refractivity contribution < 1.29 is 9.63 Å². The molecule has 5 rings (SSSR count). The van der Waals surface area contributed by atoms with Crippen molar-refractivity contribution in [3.05, 3.63) is 81.7 Å². The number of nitrogens with zero attached hydrogens (tertiary/aromatic N) is 4. The smallest absolute Gasteiger partial charge is 0.267 e. The maximum absolute atomic E-state index is 12.7. The number of fused-ring (bicyclic) bond motifs is 1. The van der Waals surface area contributed by atoms with Gasteiger partial charge < -0.3 is 14.6 Å². The van der Waals surface area contributed by atoms with E-state index >= 15 is 0 Å². The van der Waals surface area contributed by atoms with Crippen LogP contribution in [0.2, 0.25) is 5.02 Å². The van der Waals surface area contributed by atoms with Gasteiger partial charge in [-0.05, 0) is 29.8 Å². The molecule has 8 nitrogen and oxygen atoms in total. The quantitative estimate of drug-likeness (QED) is 0.458. The molecule has 3 aromatic heterocycles. The van der Waals surface area contributed by atoms with Crippen molar-refractivity contribution in [2.45, 2.75) is 6.54 Å². The van der Waals surface area contributed by atoms with Crippen molar-refractivity contribution in [3.63, 3.8) is 0 Å². The Morgan fingerprint density at radius 1 is 1.10 bits per heavy atom. The largest absolute Gasteiger partial charge is 0.506 e. The lowest BCUT2D eigenvalue weighted by molar-refractivity contribution is 0.426. The second-order valence-corrected chi connectivity index (χ2v) is 7.09. The van der Waals surface area contributed by atoms with Crippen LogP contribution in [0.4, 0.5) is 0 Å². The van der Waals surface area contributed by atoms with Crippen molar-refractivity contribution in [2.75, 3.05) is 0 Å². The van der Waals surface area contributed by atoms with Crippen LogP contribution in [0, 0.1) is 0 Å². The van der Waals surface area contributed by atoms with Crippen molar-refractivity contribution in [2.24, 2.45) is 0 Å². The lowest BCUT2D eigenvalue weighted by atomic mass is 10.2. The number of hydrogen-bond donors (Lipinski definition) is 2. The Kier molecular flexibility index (Phi) is 4.33. The highest BCUT2D eigenvalue weighted by Crippen LogP contribution is 2.32. The van der Waals surface area contributed by atoms with E-state index in [9.17, 15) is 9.90 Å². The predicted octanol–water partition coefficient (Wildman–Crippen LogP) is 3.85. The molecule has 0 saturated heterocycles. The standard InChI is InChI=1S/C21H14ClN5O3/c22-14-8-6-13(7-9-14)18-24-21(30-26-18)16-17(28)15-10-23-27(19(15)25-20(16)29)11-12-4-2-1-3-5-12/h1-10H,11H2,(H2,25,28,29). The summed E-state index contributed by atoms with van der Waals surface area (Å²) >= 11 is 5.90. The van der Waals surface area contributed by atoms with Crippen LogP contribution in [-0.4, -0.2) is 30.0 Å². The molecule has 0 amide bonds. The summed E-state index contributed by atoms with van der Waals surface area (Å²) in [5, 5.41) is 19.9. The maximum Gasteiger partial charge on any atom is 0.267 e. The first-order valence-electron chi connectivity index (χ1n) is 9.05. The van der Waals surface area contributed by atoms with E-state index in [2.05, 4.69) is 20.2 Å². The molecular weight excluding hydrogens is 406 g/mol. The van der Waals surface area contributed by atoms with Gasteiger partial charge in [0.05, 0.1) is 18.1 Å². The SMILES string of the molecule is O=c1[nH]c2c(cnn2Cc2ccccc2)c(O)c1-c1nc(-c2ccc(Cl)cc2)no1. The van der Waals surface area contributed by atoms with Gasteiger partial charge >= 0.3 is 0 Å². The van der Waals surface area contributed by atoms with Crippen molar-refractivity contribution in [1.82, 2.24) is 24.9 Å². The Hall–Kier alpha value is -3.91. The molecule has 2 aromatic carbocycles. The molecule has 0 aliphatic heterocycles. The van der Waals surface area contributed by atoms with Gasteiger partial charge in [0, 0.05) is 10.6 Å². The molecule has 148 valence electrons. The highest BCUT2D eigenvalue weighted by molar-refractivity contribution is 6.30. The minimum Gasteiger partial charge on any atom is -0.506 e. The molecule has 0 fully saturated rings. The number of aromatic nitrogens is 5. The van der Waals surface area contributed by atoms with Gasteiger partial charge in [-0.15, -0.1) is 0 Å². The van der Waals surface area contributed by atoms with E-state index < -0.39 is 5.56 Å². The van der Waals surface area contributed by atoms with Crippen molar-refractivity contribution in [1.29, 1.82) is 0 Å². The third-order valence-corrected chi connectivity index (χ3v) is 4.96. The number of pyridine rings is 1. The summed E-state index contributed by atoms with van der Waals surface area (Å²) < 4.78 is 6.86. The molecule has 5 aromatic rings. The number of H-pyrrole nitrogens is 1. The lowest BCUT2D eigenvalue weighted by Gasteiger charge is -2.05. The topological polar surface area (TPSA) is 110 Å². The fourth-order valence-electron chi connectivity index (χ4n) is 3.22. The number of benzene rings is 2. The van der Waals surface area contributed by atoms with Crippen LogP contribution in [0.3, 0.4) is 0 Å². The molecule has 2 N–H and O–H groups in total. The first-order valence-corrected chi connectivity index (χ1v) is 9.42. The highest BCUT2D eigenvalue weighted by atomic mass is 35.5. The van der Waals surface area contributed by atoms with Gasteiger partial charge in [-0.3, -0.25) is 4.79 Å². The van der Waals surface area contributed by atoms with Crippen molar-refractivity contribution >= 4 is 22.6 Å². The molecule has 30 heavy (non-hydrogen) atoms. The third-order valence-electron chi connectivity index (χ3n) is 4.71. The van der Waals surface area contributed by atoms with Crippen LogP contribution >= 0.6 is 11.6 Å². The summed E-state index contributed by atoms with van der Waals surface area (Å²) in [6, 6.07) is 16.5. The van der Waals surface area contributed by atoms with Crippen LogP contribution in [0.15, 0.2) is 70.1 Å². The second kappa shape index (κ2) is 7.16. The molecule has 0 spiro atoms. The Morgan fingerprint density at radius 3 is 2.63 bits per heavy atom. The van der Waals surface area contributed by atoms with Crippen molar-refractivity contribution in [3.8, 4) is 28.6 Å². The molecule has 9 heteroatoms. The fraction of sp³-hybridized carbons (Fsp3) is 0.0476. The minimum absolute atomic E-state index is 0.0867. The van der Waals surface area contributed by atoms with E-state index in [1.807, 2.05) is 30.3 Å². The van der Waals surface area contributed by atoms with Gasteiger partial charge in [0.15, 0.2) is 0 Å². The minimum atomic E-state index is -0.555. The summed E-state index contributed by atoms with van der Waals surface area (Å²) in [6.45, 7) is 0.445. The Labute approximate surface area is 174 Å². The summed E-state index contributed by atoms with van der Waals surface area (Å²) in [6.07, 6.45) is 1.49. The normalized spacial score (nSPS) is 11.2. The van der Waals surface area contributed by atoms with Crippen LogP contribution in [0.1, 0.15) is 5.56 Å². The predicted molar refractivity (Wildman–Crippen MR) is 111 cm³/mol. The van der Waals surface area contributed by atoms with Crippen LogP contribution < -0.4 is 5.56 Å². The fourth-order valence-corrected chi connectivity index (χ4v) is 3.34. The Morgan fingerprint density at radius 2 is 1.87 bits per heavy atom. The zero-order chi connectivity index (χ0) is 20.7. The first-order chi connectivity index (χ1) is 14.6. The number of rotatable bonds is 4. The van der Waals surface area contributed by atoms with E-state index in [0.717, 1.165) is 5.56 Å². The molecule has 0 bridgehead atoms. The molecule has 0 atom stereocenters. The lowest BCUT2D eigenvalue weighted by Crippen LogP contribution is -2.12. The highest BCUT2D eigenvalue weighted by Gasteiger charge is 2.22. The van der Waals surface area contributed by atoms with Gasteiger partial charge in [0.2, 0.25) is 5.82 Å². The molecule has 0 aliphatic carbocycles. The van der Waals surface area contributed by atoms with Gasteiger partial charge in [-0.25, -0.2) is 4.68 Å². The first kappa shape index (κ1) is 18.1. The molecule has 0 aliphatic rings. The van der Waals surface area contributed by atoms with Crippen LogP contribution in [0.5, 0.6) is 5.75 Å². The van der Waals surface area contributed by atoms with Crippen LogP contribution in [0.25, 0.3) is 33.9 Å². The summed E-state index contributed by atoms with van der Waals surface area (Å²) in [4.78, 5) is 19.8. The average Bonchev–Trinajstić information content (AvgIpc) is 3.38. The maximum atomic E-state index is 12.7. The van der Waals surface area contributed by atoms with E-state index in [4.69, 9.17) is 16.1 Å². The number of aromatic hydroxyl groups is 1. The zero-order valence-electron chi connectivity index (χ0n) is 15.4. The molecule has 0 radical (unpaired) electrons. The Balaban J connectivity index is 1.56. The van der Waals surface area contributed by atoms with Gasteiger partial charge in [0.1, 0.15) is 17.0 Å². The molecule has 0 saturated carbocycles. The summed E-state index contributed by atoms with van der Waals surface area (Å²) in [5.41, 5.74) is 1.43. The molecular formula is C21H14ClN5O3. The second-order valence-electron chi connectivity index (χ2n) is 6.66. The van der Waals surface area contributed by atoms with E-state index in [1.54, 1.807) is 28.9 Å². The number of aromatic amines is 1. The number of halogens is 1. The van der Waals surface area contributed by atoms with E-state index in [-0.39, 0.29) is 23.0 Å². The average molecular weight is 420 g/mol. The number of hydrogen-bond acceptors (Lipinski definition) is 6. The van der Waals surface area contributed by atoms with E-state index in [1.165, 1.54) is 6.20 Å². The van der Waals surface area contributed by atoms with Gasteiger partial charge in [-0.1, -0.05) is 47.1 Å².